The molecule has 8 heteroatoms. The predicted octanol–water partition coefficient (Wildman–Crippen LogP) is 0.526. The van der Waals surface area contributed by atoms with Crippen molar-refractivity contribution in [3.8, 4) is 12.3 Å². The van der Waals surface area contributed by atoms with Crippen LogP contribution in [0.2, 0.25) is 0 Å². The molecule has 0 saturated carbocycles. The van der Waals surface area contributed by atoms with Gasteiger partial charge in [0.2, 0.25) is 11.8 Å². The number of amides is 3. The fourth-order valence-electron chi connectivity index (χ4n) is 2.65. The summed E-state index contributed by atoms with van der Waals surface area (Å²) in [5.41, 5.74) is -1.71. The first-order valence-electron chi connectivity index (χ1n) is 9.06. The number of terminal acetylenes is 1. The van der Waals surface area contributed by atoms with E-state index in [2.05, 4.69) is 11.2 Å². The van der Waals surface area contributed by atoms with Crippen molar-refractivity contribution < 1.29 is 19.1 Å². The van der Waals surface area contributed by atoms with Gasteiger partial charge in [-0.2, -0.15) is 0 Å². The van der Waals surface area contributed by atoms with Crippen molar-refractivity contribution in [3.63, 3.8) is 0 Å². The number of rotatable bonds is 5. The van der Waals surface area contributed by atoms with Crippen LogP contribution in [0.4, 0.5) is 4.79 Å². The second-order valence-corrected chi connectivity index (χ2v) is 8.27. The van der Waals surface area contributed by atoms with Crippen molar-refractivity contribution >= 4 is 17.9 Å². The molecule has 1 aliphatic rings. The van der Waals surface area contributed by atoms with Crippen LogP contribution in [0.5, 0.6) is 0 Å². The molecule has 152 valence electrons. The number of carbonyl (C=O) groups excluding carboxylic acids is 3. The zero-order valence-electron chi connectivity index (χ0n) is 17.3. The first-order chi connectivity index (χ1) is 12.4. The largest absolute Gasteiger partial charge is 0.444 e. The number of hydrogen-bond acceptors (Lipinski definition) is 5. The van der Waals surface area contributed by atoms with Crippen LogP contribution in [0.25, 0.3) is 0 Å². The minimum atomic E-state index is -1.08. The molecule has 0 unspecified atom stereocenters. The Bertz CT molecular complexity index is 596. The van der Waals surface area contributed by atoms with Crippen LogP contribution in [-0.4, -0.2) is 90.1 Å². The molecule has 0 bridgehead atoms. The first-order valence-corrected chi connectivity index (χ1v) is 9.06. The molecule has 1 saturated heterocycles. The van der Waals surface area contributed by atoms with Gasteiger partial charge in [-0.1, -0.05) is 5.92 Å². The van der Waals surface area contributed by atoms with Gasteiger partial charge in [0.15, 0.2) is 0 Å². The lowest BCUT2D eigenvalue weighted by atomic mass is 10.0. The molecule has 1 rings (SSSR count). The van der Waals surface area contributed by atoms with Gasteiger partial charge in [-0.05, 0) is 34.6 Å². The number of carbonyl (C=O) groups is 3. The van der Waals surface area contributed by atoms with Gasteiger partial charge in [0.1, 0.15) is 11.1 Å². The molecule has 0 aromatic rings. The first kappa shape index (κ1) is 22.8. The Morgan fingerprint density at radius 2 is 1.67 bits per heavy atom. The maximum Gasteiger partial charge on any atom is 0.408 e. The molecule has 0 radical (unpaired) electrons. The molecule has 0 atom stereocenters. The van der Waals surface area contributed by atoms with Crippen molar-refractivity contribution in [2.45, 2.75) is 45.8 Å². The van der Waals surface area contributed by atoms with Gasteiger partial charge in [-0.15, -0.1) is 6.42 Å². The average molecular weight is 380 g/mol. The van der Waals surface area contributed by atoms with Gasteiger partial charge >= 0.3 is 6.09 Å². The third kappa shape index (κ3) is 7.47. The summed E-state index contributed by atoms with van der Waals surface area (Å²) in [6.45, 7) is 11.3. The van der Waals surface area contributed by atoms with E-state index in [1.807, 2.05) is 4.90 Å². The summed E-state index contributed by atoms with van der Waals surface area (Å²) in [6.07, 6.45) is 4.60. The summed E-state index contributed by atoms with van der Waals surface area (Å²) in [5, 5.41) is 2.64. The Morgan fingerprint density at radius 1 is 1.11 bits per heavy atom. The summed E-state index contributed by atoms with van der Waals surface area (Å²) in [6, 6.07) is 0. The Hall–Kier alpha value is -2.27. The summed E-state index contributed by atoms with van der Waals surface area (Å²) < 4.78 is 5.23. The van der Waals surface area contributed by atoms with Gasteiger partial charge < -0.3 is 19.9 Å². The molecular weight excluding hydrogens is 348 g/mol. The highest BCUT2D eigenvalue weighted by atomic mass is 16.6. The summed E-state index contributed by atoms with van der Waals surface area (Å²) >= 11 is 0. The second kappa shape index (κ2) is 9.09. The molecule has 8 nitrogen and oxygen atoms in total. The number of nitrogens with one attached hydrogen (secondary N) is 1. The summed E-state index contributed by atoms with van der Waals surface area (Å²) in [5.74, 6) is 2.22. The highest BCUT2D eigenvalue weighted by molar-refractivity contribution is 5.89. The van der Waals surface area contributed by atoms with Gasteiger partial charge in [0.25, 0.3) is 0 Å². The standard InChI is InChI=1S/C19H32N4O4/c1-8-9-21(7)15(24)14-22-10-12-23(13-11-22)16(25)19(5,6)20-17(26)27-18(2,3)4/h1H,9-14H2,2-7H3,(H,20,26). The number of likely N-dealkylation sites (N-methyl/N-ethyl adjacent to an activating group) is 1. The topological polar surface area (TPSA) is 82.2 Å². The predicted molar refractivity (Wildman–Crippen MR) is 103 cm³/mol. The molecule has 1 aliphatic heterocycles. The van der Waals surface area contributed by atoms with Gasteiger partial charge in [0.05, 0.1) is 13.1 Å². The third-order valence-corrected chi connectivity index (χ3v) is 4.12. The zero-order valence-corrected chi connectivity index (χ0v) is 17.3. The molecular formula is C19H32N4O4. The van der Waals surface area contributed by atoms with Gasteiger partial charge in [-0.3, -0.25) is 14.5 Å². The van der Waals surface area contributed by atoms with E-state index >= 15 is 0 Å². The number of hydrogen-bond donors (Lipinski definition) is 1. The summed E-state index contributed by atoms with van der Waals surface area (Å²) in [4.78, 5) is 42.0. The van der Waals surface area contributed by atoms with E-state index in [9.17, 15) is 14.4 Å². The lowest BCUT2D eigenvalue weighted by Gasteiger charge is -2.38. The zero-order chi connectivity index (χ0) is 20.8. The number of piperazine rings is 1. The van der Waals surface area contributed by atoms with E-state index in [4.69, 9.17) is 11.2 Å². The quantitative estimate of drug-likeness (QED) is 0.704. The number of alkyl carbamates (subject to hydrolysis) is 1. The molecule has 27 heavy (non-hydrogen) atoms. The van der Waals surface area contributed by atoms with Crippen LogP contribution in [0.15, 0.2) is 0 Å². The van der Waals surface area contributed by atoms with Crippen LogP contribution in [-0.2, 0) is 14.3 Å². The van der Waals surface area contributed by atoms with Crippen molar-refractivity contribution in [1.29, 1.82) is 0 Å². The molecule has 0 spiro atoms. The van der Waals surface area contributed by atoms with Crippen LogP contribution in [0.1, 0.15) is 34.6 Å². The molecule has 0 aromatic heterocycles. The highest BCUT2D eigenvalue weighted by Gasteiger charge is 2.36. The monoisotopic (exact) mass is 380 g/mol. The Balaban J connectivity index is 2.53. The van der Waals surface area contributed by atoms with Gasteiger partial charge in [-0.25, -0.2) is 4.79 Å². The van der Waals surface area contributed by atoms with Gasteiger partial charge in [0, 0.05) is 33.2 Å². The van der Waals surface area contributed by atoms with Crippen molar-refractivity contribution in [2.24, 2.45) is 0 Å². The molecule has 1 heterocycles. The van der Waals surface area contributed by atoms with E-state index in [1.165, 1.54) is 4.90 Å². The fraction of sp³-hybridized carbons (Fsp3) is 0.737. The SMILES string of the molecule is C#CCN(C)C(=O)CN1CCN(C(=O)C(C)(C)NC(=O)OC(C)(C)C)CC1. The Morgan fingerprint density at radius 3 is 2.15 bits per heavy atom. The lowest BCUT2D eigenvalue weighted by molar-refractivity contribution is -0.139. The highest BCUT2D eigenvalue weighted by Crippen LogP contribution is 2.14. The van der Waals surface area contributed by atoms with E-state index in [0.29, 0.717) is 26.2 Å². The van der Waals surface area contributed by atoms with Crippen LogP contribution in [0, 0.1) is 12.3 Å². The number of ether oxygens (including phenoxy) is 1. The van der Waals surface area contributed by atoms with E-state index in [-0.39, 0.29) is 24.9 Å². The minimum Gasteiger partial charge on any atom is -0.444 e. The van der Waals surface area contributed by atoms with Crippen molar-refractivity contribution in [3.05, 3.63) is 0 Å². The maximum absolute atomic E-state index is 12.8. The Kier molecular flexibility index (Phi) is 7.66. The molecule has 1 N–H and O–H groups in total. The molecule has 0 aliphatic carbocycles. The fourth-order valence-corrected chi connectivity index (χ4v) is 2.65. The molecule has 0 aromatic carbocycles. The van der Waals surface area contributed by atoms with Crippen molar-refractivity contribution in [2.75, 3.05) is 46.3 Å². The lowest BCUT2D eigenvalue weighted by Crippen LogP contribution is -2.60. The molecule has 3 amide bonds. The van der Waals surface area contributed by atoms with Crippen LogP contribution >= 0.6 is 0 Å². The normalized spacial score (nSPS) is 15.7. The van der Waals surface area contributed by atoms with E-state index < -0.39 is 17.2 Å². The van der Waals surface area contributed by atoms with E-state index in [1.54, 1.807) is 46.6 Å². The van der Waals surface area contributed by atoms with Crippen molar-refractivity contribution in [1.82, 2.24) is 20.0 Å². The number of nitrogens with zero attached hydrogens (tertiary/aromatic N) is 3. The second-order valence-electron chi connectivity index (χ2n) is 8.27. The van der Waals surface area contributed by atoms with Crippen LogP contribution < -0.4 is 5.32 Å². The Labute approximate surface area is 162 Å². The third-order valence-electron chi connectivity index (χ3n) is 4.12. The average Bonchev–Trinajstić information content (AvgIpc) is 2.52. The van der Waals surface area contributed by atoms with E-state index in [0.717, 1.165) is 0 Å². The summed E-state index contributed by atoms with van der Waals surface area (Å²) in [7, 11) is 1.67. The minimum absolute atomic E-state index is 0.0420. The smallest absolute Gasteiger partial charge is 0.408 e. The maximum atomic E-state index is 12.8. The molecule has 1 fully saturated rings. The van der Waals surface area contributed by atoms with Crippen LogP contribution in [0.3, 0.4) is 0 Å².